The second-order valence-corrected chi connectivity index (χ2v) is 4.69. The van der Waals surface area contributed by atoms with E-state index in [0.717, 1.165) is 6.04 Å². The Bertz CT molecular complexity index is 162. The number of rotatable bonds is 8. The van der Waals surface area contributed by atoms with E-state index >= 15 is 0 Å². The Kier molecular flexibility index (Phi) is 6.69. The summed E-state index contributed by atoms with van der Waals surface area (Å²) in [4.78, 5) is 2.47. The summed E-state index contributed by atoms with van der Waals surface area (Å²) in [5, 5.41) is 3.54. The van der Waals surface area contributed by atoms with Crippen molar-refractivity contribution in [2.24, 2.45) is 0 Å². The summed E-state index contributed by atoms with van der Waals surface area (Å²) in [6.07, 6.45) is 9.89. The van der Waals surface area contributed by atoms with Crippen molar-refractivity contribution >= 4 is 0 Å². The van der Waals surface area contributed by atoms with Gasteiger partial charge in [-0.2, -0.15) is 0 Å². The highest BCUT2D eigenvalue weighted by atomic mass is 15.1. The van der Waals surface area contributed by atoms with Crippen LogP contribution >= 0.6 is 0 Å². The van der Waals surface area contributed by atoms with Crippen molar-refractivity contribution in [3.63, 3.8) is 0 Å². The molecule has 1 N–H and O–H groups in total. The van der Waals surface area contributed by atoms with Crippen molar-refractivity contribution in [2.75, 3.05) is 26.7 Å². The average molecular weight is 210 g/mol. The lowest BCUT2D eigenvalue weighted by molar-refractivity contribution is 0.293. The SMILES string of the molecule is C=CCCCCCN(C)CC1CCCN1. The third kappa shape index (κ3) is 5.95. The smallest absolute Gasteiger partial charge is 0.0195 e. The third-order valence-electron chi connectivity index (χ3n) is 3.14. The van der Waals surface area contributed by atoms with Crippen LogP contribution in [0.2, 0.25) is 0 Å². The molecule has 1 fully saturated rings. The van der Waals surface area contributed by atoms with E-state index in [4.69, 9.17) is 0 Å². The molecule has 0 radical (unpaired) electrons. The minimum atomic E-state index is 0.753. The summed E-state index contributed by atoms with van der Waals surface area (Å²) in [6, 6.07) is 0.753. The van der Waals surface area contributed by atoms with Crippen molar-refractivity contribution in [3.05, 3.63) is 12.7 Å². The molecule has 0 aliphatic carbocycles. The average Bonchev–Trinajstić information content (AvgIpc) is 2.70. The van der Waals surface area contributed by atoms with Gasteiger partial charge in [0.1, 0.15) is 0 Å². The highest BCUT2D eigenvalue weighted by Crippen LogP contribution is 2.07. The molecule has 1 unspecified atom stereocenters. The van der Waals surface area contributed by atoms with E-state index < -0.39 is 0 Å². The maximum absolute atomic E-state index is 3.74. The van der Waals surface area contributed by atoms with E-state index in [1.807, 2.05) is 6.08 Å². The van der Waals surface area contributed by atoms with Gasteiger partial charge in [-0.3, -0.25) is 0 Å². The minimum Gasteiger partial charge on any atom is -0.313 e. The monoisotopic (exact) mass is 210 g/mol. The molecular weight excluding hydrogens is 184 g/mol. The van der Waals surface area contributed by atoms with Gasteiger partial charge in [-0.15, -0.1) is 6.58 Å². The zero-order valence-corrected chi connectivity index (χ0v) is 10.2. The van der Waals surface area contributed by atoms with Gasteiger partial charge >= 0.3 is 0 Å². The van der Waals surface area contributed by atoms with Crippen LogP contribution in [0.1, 0.15) is 38.5 Å². The Morgan fingerprint density at radius 2 is 2.27 bits per heavy atom. The molecule has 0 aromatic heterocycles. The predicted octanol–water partition coefficient (Wildman–Crippen LogP) is 2.42. The van der Waals surface area contributed by atoms with Crippen molar-refractivity contribution in [3.8, 4) is 0 Å². The summed E-state index contributed by atoms with van der Waals surface area (Å²) in [5.74, 6) is 0. The summed E-state index contributed by atoms with van der Waals surface area (Å²) in [5.41, 5.74) is 0. The molecule has 2 nitrogen and oxygen atoms in total. The van der Waals surface area contributed by atoms with Crippen molar-refractivity contribution in [1.29, 1.82) is 0 Å². The number of hydrogen-bond acceptors (Lipinski definition) is 2. The molecule has 1 saturated heterocycles. The minimum absolute atomic E-state index is 0.753. The van der Waals surface area contributed by atoms with Crippen LogP contribution in [-0.4, -0.2) is 37.6 Å². The zero-order chi connectivity index (χ0) is 10.9. The summed E-state index contributed by atoms with van der Waals surface area (Å²) in [6.45, 7) is 7.43. The first kappa shape index (κ1) is 12.7. The Balaban J connectivity index is 1.93. The summed E-state index contributed by atoms with van der Waals surface area (Å²) in [7, 11) is 2.24. The van der Waals surface area contributed by atoms with E-state index in [-0.39, 0.29) is 0 Å². The van der Waals surface area contributed by atoms with E-state index in [0.29, 0.717) is 0 Å². The first-order valence-corrected chi connectivity index (χ1v) is 6.35. The molecule has 0 amide bonds. The molecule has 1 rings (SSSR count). The molecule has 1 atom stereocenters. The molecule has 0 aromatic rings. The number of hydrogen-bond donors (Lipinski definition) is 1. The fraction of sp³-hybridized carbons (Fsp3) is 0.846. The van der Waals surface area contributed by atoms with Gasteiger partial charge in [0.25, 0.3) is 0 Å². The van der Waals surface area contributed by atoms with Crippen molar-refractivity contribution < 1.29 is 0 Å². The fourth-order valence-electron chi connectivity index (χ4n) is 2.23. The quantitative estimate of drug-likeness (QED) is 0.489. The molecule has 0 bridgehead atoms. The number of nitrogens with one attached hydrogen (secondary N) is 1. The lowest BCUT2D eigenvalue weighted by Crippen LogP contribution is -2.35. The van der Waals surface area contributed by atoms with E-state index in [1.165, 1.54) is 58.2 Å². The molecule has 0 aromatic carbocycles. The standard InChI is InChI=1S/C13H26N2/c1-3-4-5-6-7-11-15(2)12-13-9-8-10-14-13/h3,13-14H,1,4-12H2,2H3. The molecule has 0 spiro atoms. The van der Waals surface area contributed by atoms with Crippen LogP contribution in [0.4, 0.5) is 0 Å². The second kappa shape index (κ2) is 7.89. The van der Waals surface area contributed by atoms with Gasteiger partial charge in [-0.25, -0.2) is 0 Å². The van der Waals surface area contributed by atoms with Gasteiger partial charge in [-0.05, 0) is 52.2 Å². The van der Waals surface area contributed by atoms with E-state index in [2.05, 4.69) is 23.8 Å². The Morgan fingerprint density at radius 1 is 1.40 bits per heavy atom. The van der Waals surface area contributed by atoms with Gasteiger partial charge in [0.05, 0.1) is 0 Å². The van der Waals surface area contributed by atoms with Crippen LogP contribution in [0.25, 0.3) is 0 Å². The third-order valence-corrected chi connectivity index (χ3v) is 3.14. The molecule has 15 heavy (non-hydrogen) atoms. The van der Waals surface area contributed by atoms with Gasteiger partial charge in [-0.1, -0.05) is 12.5 Å². The number of unbranched alkanes of at least 4 members (excludes halogenated alkanes) is 3. The maximum atomic E-state index is 3.74. The lowest BCUT2D eigenvalue weighted by Gasteiger charge is -2.20. The molecule has 88 valence electrons. The first-order valence-electron chi connectivity index (χ1n) is 6.35. The summed E-state index contributed by atoms with van der Waals surface area (Å²) >= 11 is 0. The van der Waals surface area contributed by atoms with Crippen molar-refractivity contribution in [1.82, 2.24) is 10.2 Å². The number of nitrogens with zero attached hydrogens (tertiary/aromatic N) is 1. The largest absolute Gasteiger partial charge is 0.313 e. The molecule has 1 aliphatic rings. The van der Waals surface area contributed by atoms with Gasteiger partial charge in [0, 0.05) is 12.6 Å². The van der Waals surface area contributed by atoms with Crippen LogP contribution in [0.15, 0.2) is 12.7 Å². The van der Waals surface area contributed by atoms with Crippen LogP contribution in [0, 0.1) is 0 Å². The zero-order valence-electron chi connectivity index (χ0n) is 10.2. The molecule has 2 heteroatoms. The topological polar surface area (TPSA) is 15.3 Å². The van der Waals surface area contributed by atoms with Crippen molar-refractivity contribution in [2.45, 2.75) is 44.6 Å². The normalized spacial score (nSPS) is 21.1. The molecular formula is C13H26N2. The molecule has 0 saturated carbocycles. The first-order chi connectivity index (χ1) is 7.33. The molecule has 1 aliphatic heterocycles. The number of allylic oxidation sites excluding steroid dienone is 1. The van der Waals surface area contributed by atoms with Crippen LogP contribution < -0.4 is 5.32 Å². The maximum Gasteiger partial charge on any atom is 0.0195 e. The highest BCUT2D eigenvalue weighted by Gasteiger charge is 2.15. The fourth-order valence-corrected chi connectivity index (χ4v) is 2.23. The Hall–Kier alpha value is -0.340. The second-order valence-electron chi connectivity index (χ2n) is 4.69. The number of likely N-dealkylation sites (N-methyl/N-ethyl adjacent to an activating group) is 1. The van der Waals surface area contributed by atoms with Gasteiger partial charge in [0.15, 0.2) is 0 Å². The Morgan fingerprint density at radius 3 is 2.93 bits per heavy atom. The van der Waals surface area contributed by atoms with Gasteiger partial charge in [0.2, 0.25) is 0 Å². The summed E-state index contributed by atoms with van der Waals surface area (Å²) < 4.78 is 0. The lowest BCUT2D eigenvalue weighted by atomic mass is 10.1. The van der Waals surface area contributed by atoms with E-state index in [1.54, 1.807) is 0 Å². The Labute approximate surface area is 94.7 Å². The van der Waals surface area contributed by atoms with Gasteiger partial charge < -0.3 is 10.2 Å². The predicted molar refractivity (Wildman–Crippen MR) is 67.2 cm³/mol. The van der Waals surface area contributed by atoms with Crippen LogP contribution in [0.3, 0.4) is 0 Å². The van der Waals surface area contributed by atoms with E-state index in [9.17, 15) is 0 Å². The highest BCUT2D eigenvalue weighted by molar-refractivity contribution is 4.76. The van der Waals surface area contributed by atoms with Crippen LogP contribution in [0.5, 0.6) is 0 Å². The van der Waals surface area contributed by atoms with Crippen LogP contribution in [-0.2, 0) is 0 Å². The molecule has 1 heterocycles.